The number of aromatic nitrogens is 2. The third kappa shape index (κ3) is 3.15. The second-order valence-corrected chi connectivity index (χ2v) is 6.99. The molecule has 1 aromatic heterocycles. The fourth-order valence-electron chi connectivity index (χ4n) is 3.81. The number of piperidine rings is 1. The van der Waals surface area contributed by atoms with Gasteiger partial charge in [-0.1, -0.05) is 6.92 Å². The highest BCUT2D eigenvalue weighted by atomic mass is 16.5. The third-order valence-corrected chi connectivity index (χ3v) is 5.51. The van der Waals surface area contributed by atoms with Crippen LogP contribution in [0.1, 0.15) is 54.4 Å². The number of fused-ring (bicyclic) bond motifs is 1. The van der Waals surface area contributed by atoms with Crippen molar-refractivity contribution in [1.82, 2.24) is 15.1 Å². The summed E-state index contributed by atoms with van der Waals surface area (Å²) in [5.74, 6) is 0.0372. The molecule has 0 aromatic carbocycles. The van der Waals surface area contributed by atoms with Gasteiger partial charge in [0.05, 0.1) is 5.60 Å². The van der Waals surface area contributed by atoms with Crippen LogP contribution in [0.2, 0.25) is 0 Å². The molecule has 0 saturated carbocycles. The SMILES string of the molecule is COCC[C@@]1(O)CCN(C(=O)c2n[nH]c3c2CCCC3)C[C@@H]1C. The molecule has 6 nitrogen and oxygen atoms in total. The van der Waals surface area contributed by atoms with Gasteiger partial charge < -0.3 is 14.7 Å². The van der Waals surface area contributed by atoms with E-state index in [9.17, 15) is 9.90 Å². The lowest BCUT2D eigenvalue weighted by Crippen LogP contribution is -2.53. The number of carbonyl (C=O) groups excluding carboxylic acids is 1. The van der Waals surface area contributed by atoms with E-state index in [0.29, 0.717) is 38.2 Å². The van der Waals surface area contributed by atoms with Gasteiger partial charge in [-0.25, -0.2) is 0 Å². The van der Waals surface area contributed by atoms with Gasteiger partial charge in [-0.05, 0) is 38.5 Å². The van der Waals surface area contributed by atoms with Crippen LogP contribution >= 0.6 is 0 Å². The summed E-state index contributed by atoms with van der Waals surface area (Å²) in [6.45, 7) is 3.70. The van der Waals surface area contributed by atoms with E-state index in [-0.39, 0.29) is 11.8 Å². The van der Waals surface area contributed by atoms with Crippen molar-refractivity contribution in [3.05, 3.63) is 17.0 Å². The van der Waals surface area contributed by atoms with Crippen molar-refractivity contribution in [2.24, 2.45) is 5.92 Å². The summed E-state index contributed by atoms with van der Waals surface area (Å²) in [7, 11) is 1.65. The van der Waals surface area contributed by atoms with Gasteiger partial charge in [0.15, 0.2) is 5.69 Å². The predicted octanol–water partition coefficient (Wildman–Crippen LogP) is 1.54. The van der Waals surface area contributed by atoms with E-state index in [1.54, 1.807) is 7.11 Å². The lowest BCUT2D eigenvalue weighted by Gasteiger charge is -2.43. The monoisotopic (exact) mass is 321 g/mol. The van der Waals surface area contributed by atoms with E-state index >= 15 is 0 Å². The number of rotatable bonds is 4. The predicted molar refractivity (Wildman–Crippen MR) is 86.4 cm³/mol. The Balaban J connectivity index is 1.69. The molecule has 2 heterocycles. The van der Waals surface area contributed by atoms with Crippen LogP contribution in [0.15, 0.2) is 0 Å². The number of carbonyl (C=O) groups is 1. The number of hydrogen-bond donors (Lipinski definition) is 2. The number of likely N-dealkylation sites (tertiary alicyclic amines) is 1. The molecule has 2 N–H and O–H groups in total. The zero-order valence-corrected chi connectivity index (χ0v) is 14.1. The van der Waals surface area contributed by atoms with Crippen molar-refractivity contribution < 1.29 is 14.6 Å². The number of methoxy groups -OCH3 is 1. The summed E-state index contributed by atoms with van der Waals surface area (Å²) >= 11 is 0. The molecule has 1 aliphatic carbocycles. The Labute approximate surface area is 137 Å². The number of aryl methyl sites for hydroxylation is 1. The first kappa shape index (κ1) is 16.5. The summed E-state index contributed by atoms with van der Waals surface area (Å²) in [6, 6.07) is 0. The number of aromatic amines is 1. The minimum absolute atomic E-state index is 0.00467. The van der Waals surface area contributed by atoms with Gasteiger partial charge in [-0.3, -0.25) is 9.89 Å². The average Bonchev–Trinajstić information content (AvgIpc) is 2.99. The highest BCUT2D eigenvalue weighted by Gasteiger charge is 2.40. The van der Waals surface area contributed by atoms with Crippen molar-refractivity contribution >= 4 is 5.91 Å². The number of H-pyrrole nitrogens is 1. The van der Waals surface area contributed by atoms with Crippen molar-refractivity contribution in [2.45, 2.75) is 51.0 Å². The highest BCUT2D eigenvalue weighted by molar-refractivity contribution is 5.94. The Morgan fingerprint density at radius 1 is 1.48 bits per heavy atom. The van der Waals surface area contributed by atoms with Crippen molar-refractivity contribution in [2.75, 3.05) is 26.8 Å². The van der Waals surface area contributed by atoms with Crippen LogP contribution in [0.25, 0.3) is 0 Å². The Morgan fingerprint density at radius 3 is 3.00 bits per heavy atom. The molecule has 0 bridgehead atoms. The van der Waals surface area contributed by atoms with Crippen molar-refractivity contribution in [1.29, 1.82) is 0 Å². The molecule has 1 aromatic rings. The molecule has 0 spiro atoms. The zero-order valence-electron chi connectivity index (χ0n) is 14.1. The molecule has 1 aliphatic heterocycles. The molecule has 0 radical (unpaired) electrons. The molecule has 23 heavy (non-hydrogen) atoms. The summed E-state index contributed by atoms with van der Waals surface area (Å²) < 4.78 is 5.10. The molecule has 0 unspecified atom stereocenters. The summed E-state index contributed by atoms with van der Waals surface area (Å²) in [5.41, 5.74) is 2.09. The molecular weight excluding hydrogens is 294 g/mol. The molecule has 3 rings (SSSR count). The van der Waals surface area contributed by atoms with E-state index in [1.165, 1.54) is 0 Å². The van der Waals surface area contributed by atoms with Gasteiger partial charge in [0.25, 0.3) is 5.91 Å². The smallest absolute Gasteiger partial charge is 0.274 e. The molecule has 6 heteroatoms. The number of nitrogens with one attached hydrogen (secondary N) is 1. The maximum atomic E-state index is 12.8. The van der Waals surface area contributed by atoms with Crippen LogP contribution in [-0.2, 0) is 17.6 Å². The van der Waals surface area contributed by atoms with Crippen LogP contribution in [0.3, 0.4) is 0 Å². The Kier molecular flexibility index (Phi) is 4.73. The fourth-order valence-corrected chi connectivity index (χ4v) is 3.81. The van der Waals surface area contributed by atoms with Crippen LogP contribution in [0.5, 0.6) is 0 Å². The number of ether oxygens (including phenoxy) is 1. The molecule has 1 amide bonds. The maximum Gasteiger partial charge on any atom is 0.274 e. The number of amides is 1. The van der Waals surface area contributed by atoms with Crippen molar-refractivity contribution in [3.8, 4) is 0 Å². The van der Waals surface area contributed by atoms with Crippen LogP contribution in [0.4, 0.5) is 0 Å². The van der Waals surface area contributed by atoms with Crippen LogP contribution in [-0.4, -0.2) is 58.5 Å². The molecule has 2 atom stereocenters. The minimum Gasteiger partial charge on any atom is -0.389 e. The van der Waals surface area contributed by atoms with Crippen molar-refractivity contribution in [3.63, 3.8) is 0 Å². The van der Waals surface area contributed by atoms with Gasteiger partial charge in [0, 0.05) is 44.0 Å². The molecule has 128 valence electrons. The van der Waals surface area contributed by atoms with E-state index in [1.807, 2.05) is 11.8 Å². The summed E-state index contributed by atoms with van der Waals surface area (Å²) in [4.78, 5) is 14.7. The number of hydrogen-bond acceptors (Lipinski definition) is 4. The lowest BCUT2D eigenvalue weighted by molar-refractivity contribution is -0.0751. The first-order valence-electron chi connectivity index (χ1n) is 8.62. The van der Waals surface area contributed by atoms with Gasteiger partial charge in [0.1, 0.15) is 0 Å². The Hall–Kier alpha value is -1.40. The summed E-state index contributed by atoms with van der Waals surface area (Å²) in [5, 5.41) is 18.1. The Morgan fingerprint density at radius 2 is 2.26 bits per heavy atom. The standard InChI is InChI=1S/C17H27N3O3/c1-12-11-20(9-7-17(12,22)8-10-23-2)16(21)15-13-5-3-4-6-14(13)18-19-15/h12,22H,3-11H2,1-2H3,(H,18,19)/t12-,17-/m0/s1. The second-order valence-electron chi connectivity index (χ2n) is 6.99. The largest absolute Gasteiger partial charge is 0.389 e. The second kappa shape index (κ2) is 6.61. The van der Waals surface area contributed by atoms with E-state index in [4.69, 9.17) is 4.74 Å². The molecule has 2 aliphatic rings. The van der Waals surface area contributed by atoms with Gasteiger partial charge >= 0.3 is 0 Å². The van der Waals surface area contributed by atoms with Gasteiger partial charge in [-0.2, -0.15) is 5.10 Å². The number of aliphatic hydroxyl groups is 1. The van der Waals surface area contributed by atoms with Crippen LogP contribution in [0, 0.1) is 5.92 Å². The topological polar surface area (TPSA) is 78.5 Å². The van der Waals surface area contributed by atoms with Crippen LogP contribution < -0.4 is 0 Å². The fraction of sp³-hybridized carbons (Fsp3) is 0.765. The molecule has 1 fully saturated rings. The first-order chi connectivity index (χ1) is 11.0. The highest BCUT2D eigenvalue weighted by Crippen LogP contribution is 2.32. The van der Waals surface area contributed by atoms with E-state index < -0.39 is 5.60 Å². The first-order valence-corrected chi connectivity index (χ1v) is 8.62. The minimum atomic E-state index is -0.738. The maximum absolute atomic E-state index is 12.8. The quantitative estimate of drug-likeness (QED) is 0.882. The van der Waals surface area contributed by atoms with E-state index in [0.717, 1.165) is 36.9 Å². The van der Waals surface area contributed by atoms with E-state index in [2.05, 4.69) is 10.2 Å². The normalized spacial score (nSPS) is 27.8. The number of nitrogens with zero attached hydrogens (tertiary/aromatic N) is 2. The zero-order chi connectivity index (χ0) is 16.4. The average molecular weight is 321 g/mol. The third-order valence-electron chi connectivity index (χ3n) is 5.51. The van der Waals surface area contributed by atoms with Gasteiger partial charge in [0.2, 0.25) is 0 Å². The Bertz CT molecular complexity index is 571. The molecule has 1 saturated heterocycles. The molecular formula is C17H27N3O3. The lowest BCUT2D eigenvalue weighted by atomic mass is 9.79. The summed E-state index contributed by atoms with van der Waals surface area (Å²) in [6.07, 6.45) is 5.42. The van der Waals surface area contributed by atoms with Gasteiger partial charge in [-0.15, -0.1) is 0 Å².